The van der Waals surface area contributed by atoms with Crippen LogP contribution in [-0.2, 0) is 0 Å². The van der Waals surface area contributed by atoms with Gasteiger partial charge in [0.1, 0.15) is 0 Å². The molecule has 0 aliphatic rings. The van der Waals surface area contributed by atoms with Crippen LogP contribution in [0.2, 0.25) is 0 Å². The Kier molecular flexibility index (Phi) is 1.53. The fourth-order valence-corrected chi connectivity index (χ4v) is 0.612. The number of hydrogen-bond acceptors (Lipinski definition) is 2. The van der Waals surface area contributed by atoms with Crippen LogP contribution in [0, 0.1) is 0 Å². The normalized spacial score (nSPS) is 9.00. The molecule has 3 nitrogen and oxygen atoms in total. The Balaban J connectivity index is 3.01. The molecule has 0 atom stereocenters. The van der Waals surface area contributed by atoms with Crippen LogP contribution in [0.15, 0.2) is 18.3 Å². The van der Waals surface area contributed by atoms with Crippen molar-refractivity contribution in [3.8, 4) is 5.75 Å². The van der Waals surface area contributed by atoms with Crippen molar-refractivity contribution in [3.63, 3.8) is 0 Å². The van der Waals surface area contributed by atoms with Crippen molar-refractivity contribution >= 4 is 5.82 Å². The first-order valence-electron chi connectivity index (χ1n) is 2.65. The lowest BCUT2D eigenvalue weighted by Crippen LogP contribution is -2.09. The quantitative estimate of drug-likeness (QED) is 0.578. The number of H-pyrrole nitrogens is 1. The van der Waals surface area contributed by atoms with E-state index in [1.807, 2.05) is 6.07 Å². The van der Waals surface area contributed by atoms with Crippen molar-refractivity contribution < 1.29 is 9.72 Å². The SMILES string of the molecule is COc1ccc[nH+]c1N. The second-order valence-corrected chi connectivity index (χ2v) is 1.65. The molecule has 0 saturated carbocycles. The van der Waals surface area contributed by atoms with Crippen molar-refractivity contribution in [3.05, 3.63) is 18.3 Å². The van der Waals surface area contributed by atoms with Crippen LogP contribution >= 0.6 is 0 Å². The summed E-state index contributed by atoms with van der Waals surface area (Å²) in [7, 11) is 1.58. The number of nitrogens with one attached hydrogen (secondary N) is 1. The molecule has 3 N–H and O–H groups in total. The van der Waals surface area contributed by atoms with E-state index in [4.69, 9.17) is 10.5 Å². The number of rotatable bonds is 1. The van der Waals surface area contributed by atoms with Crippen LogP contribution in [0.5, 0.6) is 5.75 Å². The van der Waals surface area contributed by atoms with Crippen LogP contribution in [0.1, 0.15) is 0 Å². The van der Waals surface area contributed by atoms with Crippen LogP contribution in [-0.4, -0.2) is 7.11 Å². The standard InChI is InChI=1S/C6H8N2O/c1-9-5-3-2-4-8-6(5)7/h2-4H,1H3,(H2,7,8)/p+1. The van der Waals surface area contributed by atoms with Crippen molar-refractivity contribution in [1.82, 2.24) is 0 Å². The Morgan fingerprint density at radius 3 is 2.89 bits per heavy atom. The lowest BCUT2D eigenvalue weighted by molar-refractivity contribution is -0.361. The summed E-state index contributed by atoms with van der Waals surface area (Å²) in [6.45, 7) is 0. The van der Waals surface area contributed by atoms with Gasteiger partial charge in [0.15, 0.2) is 0 Å². The molecule has 0 aliphatic carbocycles. The summed E-state index contributed by atoms with van der Waals surface area (Å²) >= 11 is 0. The molecule has 0 amide bonds. The zero-order valence-electron chi connectivity index (χ0n) is 5.22. The maximum Gasteiger partial charge on any atom is 0.313 e. The number of methoxy groups -OCH3 is 1. The van der Waals surface area contributed by atoms with Gasteiger partial charge in [0, 0.05) is 0 Å². The highest BCUT2D eigenvalue weighted by Crippen LogP contribution is 2.11. The first-order valence-corrected chi connectivity index (χ1v) is 2.65. The fraction of sp³-hybridized carbons (Fsp3) is 0.167. The van der Waals surface area contributed by atoms with E-state index in [0.717, 1.165) is 0 Å². The Labute approximate surface area is 53.5 Å². The van der Waals surface area contributed by atoms with Gasteiger partial charge in [-0.05, 0) is 12.1 Å². The monoisotopic (exact) mass is 125 g/mol. The molecule has 0 aromatic carbocycles. The molecular formula is C6H9N2O+. The highest BCUT2D eigenvalue weighted by Gasteiger charge is 1.99. The summed E-state index contributed by atoms with van der Waals surface area (Å²) in [6, 6.07) is 3.63. The van der Waals surface area contributed by atoms with E-state index < -0.39 is 0 Å². The fourth-order valence-electron chi connectivity index (χ4n) is 0.612. The number of ether oxygens (including phenoxy) is 1. The summed E-state index contributed by atoms with van der Waals surface area (Å²) in [5.41, 5.74) is 5.45. The van der Waals surface area contributed by atoms with Crippen LogP contribution in [0.25, 0.3) is 0 Å². The Morgan fingerprint density at radius 2 is 2.44 bits per heavy atom. The topological polar surface area (TPSA) is 49.4 Å². The number of pyridine rings is 1. The van der Waals surface area contributed by atoms with Gasteiger partial charge in [0.05, 0.1) is 13.3 Å². The Hall–Kier alpha value is -1.25. The van der Waals surface area contributed by atoms with Crippen molar-refractivity contribution in [2.24, 2.45) is 0 Å². The zero-order chi connectivity index (χ0) is 6.69. The molecule has 9 heavy (non-hydrogen) atoms. The molecule has 0 fully saturated rings. The van der Waals surface area contributed by atoms with Gasteiger partial charge in [-0.15, -0.1) is 0 Å². The predicted molar refractivity (Wildman–Crippen MR) is 34.0 cm³/mol. The van der Waals surface area contributed by atoms with Gasteiger partial charge < -0.3 is 4.74 Å². The van der Waals surface area contributed by atoms with Gasteiger partial charge in [-0.2, -0.15) is 0 Å². The first kappa shape index (κ1) is 5.88. The largest absolute Gasteiger partial charge is 0.489 e. The number of hydrogen-bond donors (Lipinski definition) is 1. The minimum absolute atomic E-state index is 0.556. The zero-order valence-corrected chi connectivity index (χ0v) is 5.22. The third-order valence-electron chi connectivity index (χ3n) is 1.07. The summed E-state index contributed by atoms with van der Waals surface area (Å²) in [5.74, 6) is 1.23. The highest BCUT2D eigenvalue weighted by atomic mass is 16.5. The molecule has 1 aromatic heterocycles. The summed E-state index contributed by atoms with van der Waals surface area (Å²) in [5, 5.41) is 0. The van der Waals surface area contributed by atoms with E-state index in [1.165, 1.54) is 0 Å². The number of aromatic amines is 1. The van der Waals surface area contributed by atoms with E-state index in [1.54, 1.807) is 19.4 Å². The molecule has 1 aromatic rings. The molecule has 0 bridgehead atoms. The van der Waals surface area contributed by atoms with E-state index in [2.05, 4.69) is 4.98 Å². The lowest BCUT2D eigenvalue weighted by Gasteiger charge is -1.94. The average Bonchev–Trinajstić information content (AvgIpc) is 1.89. The van der Waals surface area contributed by atoms with Crippen molar-refractivity contribution in [2.75, 3.05) is 12.8 Å². The molecule has 0 spiro atoms. The second-order valence-electron chi connectivity index (χ2n) is 1.65. The summed E-state index contributed by atoms with van der Waals surface area (Å²) in [6.07, 6.45) is 1.75. The first-order chi connectivity index (χ1) is 4.34. The van der Waals surface area contributed by atoms with Gasteiger partial charge in [-0.1, -0.05) is 0 Å². The van der Waals surface area contributed by atoms with E-state index >= 15 is 0 Å². The van der Waals surface area contributed by atoms with Crippen LogP contribution in [0.3, 0.4) is 0 Å². The van der Waals surface area contributed by atoms with Crippen LogP contribution in [0.4, 0.5) is 5.82 Å². The minimum atomic E-state index is 0.556. The minimum Gasteiger partial charge on any atom is -0.489 e. The summed E-state index contributed by atoms with van der Waals surface area (Å²) < 4.78 is 4.89. The Bertz CT molecular complexity index is 200. The molecule has 1 heterocycles. The molecule has 48 valence electrons. The van der Waals surface area contributed by atoms with Gasteiger partial charge in [0.2, 0.25) is 5.75 Å². The molecular weight excluding hydrogens is 116 g/mol. The van der Waals surface area contributed by atoms with Crippen LogP contribution < -0.4 is 15.5 Å². The van der Waals surface area contributed by atoms with E-state index in [9.17, 15) is 0 Å². The number of nitrogens with two attached hydrogens (primary N) is 1. The smallest absolute Gasteiger partial charge is 0.313 e. The van der Waals surface area contributed by atoms with Gasteiger partial charge >= 0.3 is 5.82 Å². The highest BCUT2D eigenvalue weighted by molar-refractivity contribution is 5.39. The van der Waals surface area contributed by atoms with Gasteiger partial charge in [-0.25, -0.2) is 4.98 Å². The number of nitrogen functional groups attached to an aromatic ring is 1. The summed E-state index contributed by atoms with van der Waals surface area (Å²) in [4.78, 5) is 2.80. The predicted octanol–water partition coefficient (Wildman–Crippen LogP) is 0.0915. The van der Waals surface area contributed by atoms with Crippen molar-refractivity contribution in [2.45, 2.75) is 0 Å². The van der Waals surface area contributed by atoms with E-state index in [0.29, 0.717) is 11.6 Å². The third-order valence-corrected chi connectivity index (χ3v) is 1.07. The lowest BCUT2D eigenvalue weighted by atomic mass is 10.4. The average molecular weight is 125 g/mol. The maximum atomic E-state index is 5.45. The Morgan fingerprint density at radius 1 is 1.67 bits per heavy atom. The molecule has 0 saturated heterocycles. The molecule has 3 heteroatoms. The molecule has 1 rings (SSSR count). The number of aromatic nitrogens is 1. The van der Waals surface area contributed by atoms with Crippen molar-refractivity contribution in [1.29, 1.82) is 0 Å². The van der Waals surface area contributed by atoms with Gasteiger partial charge in [-0.3, -0.25) is 5.73 Å². The molecule has 0 radical (unpaired) electrons. The molecule has 0 unspecified atom stereocenters. The second kappa shape index (κ2) is 2.35. The maximum absolute atomic E-state index is 5.45. The van der Waals surface area contributed by atoms with Gasteiger partial charge in [0.25, 0.3) is 0 Å². The third kappa shape index (κ3) is 1.10. The number of anilines is 1. The molecule has 0 aliphatic heterocycles. The van der Waals surface area contributed by atoms with E-state index in [-0.39, 0.29) is 0 Å².